The van der Waals surface area contributed by atoms with Crippen LogP contribution >= 0.6 is 31.9 Å². The number of nitrogens with one attached hydrogen (secondary N) is 1. The summed E-state index contributed by atoms with van der Waals surface area (Å²) in [6, 6.07) is 2.86. The highest BCUT2D eigenvalue weighted by molar-refractivity contribution is 9.11. The Morgan fingerprint density at radius 1 is 1.40 bits per heavy atom. The van der Waals surface area contributed by atoms with E-state index in [1.54, 1.807) is 18.0 Å². The lowest BCUT2D eigenvalue weighted by molar-refractivity contribution is 0.0698. The van der Waals surface area contributed by atoms with Gasteiger partial charge in [0.05, 0.1) is 11.3 Å². The Labute approximate surface area is 133 Å². The molecule has 5 nitrogen and oxygen atoms in total. The van der Waals surface area contributed by atoms with E-state index < -0.39 is 5.97 Å². The molecule has 0 radical (unpaired) electrons. The van der Waals surface area contributed by atoms with Crippen LogP contribution in [-0.2, 0) is 0 Å². The van der Waals surface area contributed by atoms with Gasteiger partial charge in [0.25, 0.3) is 0 Å². The van der Waals surface area contributed by atoms with E-state index in [-0.39, 0.29) is 17.3 Å². The molecule has 2 amide bonds. The molecule has 1 fully saturated rings. The van der Waals surface area contributed by atoms with E-state index in [2.05, 4.69) is 37.2 Å². The van der Waals surface area contributed by atoms with Crippen LogP contribution in [0.2, 0.25) is 0 Å². The topological polar surface area (TPSA) is 69.6 Å². The third kappa shape index (κ3) is 3.73. The first-order chi connectivity index (χ1) is 9.38. The molecular formula is C13H14Br2N2O3. The van der Waals surface area contributed by atoms with Crippen molar-refractivity contribution in [3.63, 3.8) is 0 Å². The van der Waals surface area contributed by atoms with Crippen LogP contribution in [-0.4, -0.2) is 35.6 Å². The van der Waals surface area contributed by atoms with E-state index in [0.717, 1.165) is 12.8 Å². The number of nitrogens with zero attached hydrogens (tertiary/aromatic N) is 1. The number of halogens is 2. The number of carboxylic acid groups (broad SMARTS) is 1. The van der Waals surface area contributed by atoms with Crippen LogP contribution in [0.3, 0.4) is 0 Å². The molecule has 1 aromatic carbocycles. The lowest BCUT2D eigenvalue weighted by Crippen LogP contribution is -2.33. The number of rotatable bonds is 4. The van der Waals surface area contributed by atoms with E-state index in [4.69, 9.17) is 0 Å². The van der Waals surface area contributed by atoms with Gasteiger partial charge in [-0.3, -0.25) is 0 Å². The molecule has 20 heavy (non-hydrogen) atoms. The number of amides is 2. The second-order valence-electron chi connectivity index (χ2n) is 4.87. The molecule has 2 N–H and O–H groups in total. The van der Waals surface area contributed by atoms with E-state index >= 15 is 0 Å². The summed E-state index contributed by atoms with van der Waals surface area (Å²) >= 11 is 6.52. The van der Waals surface area contributed by atoms with Crippen LogP contribution in [0.15, 0.2) is 21.1 Å². The fourth-order valence-corrected chi connectivity index (χ4v) is 3.17. The lowest BCUT2D eigenvalue weighted by atomic mass is 10.2. The van der Waals surface area contributed by atoms with Gasteiger partial charge in [0.2, 0.25) is 0 Å². The summed E-state index contributed by atoms with van der Waals surface area (Å²) in [5.74, 6) is -0.509. The Morgan fingerprint density at radius 3 is 2.60 bits per heavy atom. The van der Waals surface area contributed by atoms with Crippen LogP contribution in [0.1, 0.15) is 23.2 Å². The number of hydrogen-bond acceptors (Lipinski definition) is 2. The molecule has 0 unspecified atom stereocenters. The Morgan fingerprint density at radius 2 is 2.05 bits per heavy atom. The minimum atomic E-state index is -1.09. The summed E-state index contributed by atoms with van der Waals surface area (Å²) in [5, 5.41) is 11.9. The Kier molecular flexibility index (Phi) is 4.70. The molecule has 2 rings (SSSR count). The Hall–Kier alpha value is -1.08. The van der Waals surface area contributed by atoms with Gasteiger partial charge in [0, 0.05) is 22.5 Å². The smallest absolute Gasteiger partial charge is 0.337 e. The van der Waals surface area contributed by atoms with Gasteiger partial charge in [-0.1, -0.05) is 15.9 Å². The molecule has 108 valence electrons. The minimum Gasteiger partial charge on any atom is -0.478 e. The molecule has 0 heterocycles. The van der Waals surface area contributed by atoms with Crippen molar-refractivity contribution < 1.29 is 14.7 Å². The monoisotopic (exact) mass is 404 g/mol. The van der Waals surface area contributed by atoms with Gasteiger partial charge in [-0.2, -0.15) is 0 Å². The molecule has 7 heteroatoms. The van der Waals surface area contributed by atoms with Gasteiger partial charge < -0.3 is 15.3 Å². The highest BCUT2D eigenvalue weighted by Gasteiger charge is 2.25. The first kappa shape index (κ1) is 15.3. The average Bonchev–Trinajstić information content (AvgIpc) is 3.15. The number of carbonyl (C=O) groups is 2. The standard InChI is InChI=1S/C13H14Br2N2O3/c1-17(6-7-2-3-7)13(20)16-11-9(12(18)19)4-8(14)5-10(11)15/h4-5,7H,2-3,6H2,1H3,(H,16,20)(H,18,19). The maximum absolute atomic E-state index is 12.1. The van der Waals surface area contributed by atoms with Gasteiger partial charge in [0.1, 0.15) is 0 Å². The van der Waals surface area contributed by atoms with Crippen molar-refractivity contribution in [1.82, 2.24) is 4.90 Å². The zero-order valence-electron chi connectivity index (χ0n) is 10.8. The second kappa shape index (κ2) is 6.13. The lowest BCUT2D eigenvalue weighted by Gasteiger charge is -2.19. The summed E-state index contributed by atoms with van der Waals surface area (Å²) in [6.45, 7) is 0.697. The number of carbonyl (C=O) groups excluding carboxylic acids is 1. The fraction of sp³-hybridized carbons (Fsp3) is 0.385. The van der Waals surface area contributed by atoms with E-state index in [1.165, 1.54) is 6.07 Å². The largest absolute Gasteiger partial charge is 0.478 e. The fourth-order valence-electron chi connectivity index (χ4n) is 1.84. The predicted molar refractivity (Wildman–Crippen MR) is 83.2 cm³/mol. The Balaban J connectivity index is 2.18. The summed E-state index contributed by atoms with van der Waals surface area (Å²) in [7, 11) is 1.71. The van der Waals surface area contributed by atoms with E-state index in [9.17, 15) is 14.7 Å². The van der Waals surface area contributed by atoms with Crippen molar-refractivity contribution in [2.45, 2.75) is 12.8 Å². The van der Waals surface area contributed by atoms with Gasteiger partial charge >= 0.3 is 12.0 Å². The number of carboxylic acids is 1. The van der Waals surface area contributed by atoms with Gasteiger partial charge in [-0.05, 0) is 46.8 Å². The molecule has 0 atom stereocenters. The van der Waals surface area contributed by atoms with Crippen LogP contribution in [0.4, 0.5) is 10.5 Å². The second-order valence-corrected chi connectivity index (χ2v) is 6.64. The van der Waals surface area contributed by atoms with Crippen molar-refractivity contribution in [3.05, 3.63) is 26.6 Å². The average molecular weight is 406 g/mol. The maximum atomic E-state index is 12.1. The summed E-state index contributed by atoms with van der Waals surface area (Å²) in [5.41, 5.74) is 0.313. The number of aromatic carboxylic acids is 1. The SMILES string of the molecule is CN(CC1CC1)C(=O)Nc1c(Br)cc(Br)cc1C(=O)O. The van der Waals surface area contributed by atoms with E-state index in [1.807, 2.05) is 0 Å². The molecule has 1 aromatic rings. The third-order valence-corrected chi connectivity index (χ3v) is 4.18. The van der Waals surface area contributed by atoms with Crippen molar-refractivity contribution in [2.75, 3.05) is 18.9 Å². The number of hydrogen-bond donors (Lipinski definition) is 2. The van der Waals surface area contributed by atoms with Crippen LogP contribution in [0.5, 0.6) is 0 Å². The molecular weight excluding hydrogens is 392 g/mol. The molecule has 1 saturated carbocycles. The molecule has 0 aliphatic heterocycles. The number of urea groups is 1. The molecule has 0 saturated heterocycles. The quantitative estimate of drug-likeness (QED) is 0.800. The molecule has 0 spiro atoms. The third-order valence-electron chi connectivity index (χ3n) is 3.09. The zero-order valence-corrected chi connectivity index (χ0v) is 14.0. The van der Waals surface area contributed by atoms with E-state index in [0.29, 0.717) is 21.4 Å². The van der Waals surface area contributed by atoms with Crippen LogP contribution in [0.25, 0.3) is 0 Å². The minimum absolute atomic E-state index is 0.0411. The summed E-state index contributed by atoms with van der Waals surface area (Å²) in [6.07, 6.45) is 2.31. The highest BCUT2D eigenvalue weighted by atomic mass is 79.9. The summed E-state index contributed by atoms with van der Waals surface area (Å²) < 4.78 is 1.16. The molecule has 1 aliphatic carbocycles. The van der Waals surface area contributed by atoms with Crippen LogP contribution in [0, 0.1) is 5.92 Å². The maximum Gasteiger partial charge on any atom is 0.337 e. The first-order valence-electron chi connectivity index (χ1n) is 6.13. The number of anilines is 1. The zero-order chi connectivity index (χ0) is 14.9. The normalized spacial score (nSPS) is 13.9. The number of benzene rings is 1. The molecule has 0 aromatic heterocycles. The summed E-state index contributed by atoms with van der Waals surface area (Å²) in [4.78, 5) is 24.9. The van der Waals surface area contributed by atoms with Gasteiger partial charge in [-0.15, -0.1) is 0 Å². The van der Waals surface area contributed by atoms with Crippen LogP contribution < -0.4 is 5.32 Å². The van der Waals surface area contributed by atoms with Crippen molar-refractivity contribution in [2.24, 2.45) is 5.92 Å². The van der Waals surface area contributed by atoms with Gasteiger partial charge in [-0.25, -0.2) is 9.59 Å². The Bertz CT molecular complexity index is 559. The van der Waals surface area contributed by atoms with Crippen molar-refractivity contribution in [3.8, 4) is 0 Å². The first-order valence-corrected chi connectivity index (χ1v) is 7.71. The van der Waals surface area contributed by atoms with Crippen molar-refractivity contribution in [1.29, 1.82) is 0 Å². The highest BCUT2D eigenvalue weighted by Crippen LogP contribution is 2.32. The van der Waals surface area contributed by atoms with Gasteiger partial charge in [0.15, 0.2) is 0 Å². The molecule has 0 bridgehead atoms. The molecule has 1 aliphatic rings. The predicted octanol–water partition coefficient (Wildman–Crippen LogP) is 3.78. The van der Waals surface area contributed by atoms with Crippen molar-refractivity contribution >= 4 is 49.5 Å².